The van der Waals surface area contributed by atoms with Crippen LogP contribution in [0.15, 0.2) is 121 Å². The molecule has 0 bridgehead atoms. The van der Waals surface area contributed by atoms with Crippen molar-refractivity contribution in [3.05, 3.63) is 149 Å². The Balaban J connectivity index is 1.45. The fourth-order valence-corrected chi connectivity index (χ4v) is 4.82. The molecule has 7 heteroatoms. The van der Waals surface area contributed by atoms with E-state index in [4.69, 9.17) is 28.4 Å². The van der Waals surface area contributed by atoms with Gasteiger partial charge in [0.25, 0.3) is 0 Å². The van der Waals surface area contributed by atoms with Gasteiger partial charge in [0.2, 0.25) is 5.75 Å². The molecule has 46 heavy (non-hydrogen) atoms. The van der Waals surface area contributed by atoms with Crippen molar-refractivity contribution >= 4 is 11.9 Å². The van der Waals surface area contributed by atoms with Gasteiger partial charge in [0, 0.05) is 17.7 Å². The molecular weight excluding hydrogens is 580 g/mol. The largest absolute Gasteiger partial charge is 0.496 e. The zero-order chi connectivity index (χ0) is 32.1. The van der Waals surface area contributed by atoms with E-state index in [9.17, 15) is 4.79 Å². The smallest absolute Gasteiger partial charge is 0.204 e. The third-order valence-corrected chi connectivity index (χ3v) is 7.16. The molecule has 0 aromatic heterocycles. The summed E-state index contributed by atoms with van der Waals surface area (Å²) in [5, 5.41) is 0. The summed E-state index contributed by atoms with van der Waals surface area (Å²) in [6.07, 6.45) is 3.14. The number of carbonyl (C=O) groups excluding carboxylic acids is 1. The van der Waals surface area contributed by atoms with Gasteiger partial charge in [-0.2, -0.15) is 0 Å². The fourth-order valence-electron chi connectivity index (χ4n) is 4.82. The first-order valence-electron chi connectivity index (χ1n) is 14.8. The maximum Gasteiger partial charge on any atom is 0.204 e. The molecule has 5 aromatic rings. The number of allylic oxidation sites excluding steroid dienone is 1. The predicted octanol–water partition coefficient (Wildman–Crippen LogP) is 8.35. The van der Waals surface area contributed by atoms with Crippen LogP contribution < -0.4 is 28.4 Å². The van der Waals surface area contributed by atoms with Crippen molar-refractivity contribution in [1.29, 1.82) is 0 Å². The number of carbonyl (C=O) groups is 1. The van der Waals surface area contributed by atoms with Gasteiger partial charge < -0.3 is 28.4 Å². The highest BCUT2D eigenvalue weighted by atomic mass is 16.5. The second-order valence-corrected chi connectivity index (χ2v) is 10.2. The van der Waals surface area contributed by atoms with Gasteiger partial charge >= 0.3 is 0 Å². The molecule has 7 nitrogen and oxygen atoms in total. The van der Waals surface area contributed by atoms with Crippen molar-refractivity contribution in [2.45, 2.75) is 19.8 Å². The Morgan fingerprint density at radius 3 is 1.61 bits per heavy atom. The van der Waals surface area contributed by atoms with Crippen LogP contribution in [0.5, 0.6) is 34.5 Å². The monoisotopic (exact) mass is 616 g/mol. The standard InChI is InChI=1S/C39H36O7/c1-41-34-22-20-31(38(43-3)39(34)46-27-30-17-11-6-12-18-30)19-21-33(40)37-35(42-2)23-32(44-25-28-13-7-4-8-14-28)24-36(37)45-26-29-15-9-5-10-16-29/h4-24H,25-27H2,1-3H3. The van der Waals surface area contributed by atoms with Crippen molar-refractivity contribution in [2.24, 2.45) is 0 Å². The minimum absolute atomic E-state index is 0.255. The molecule has 0 spiro atoms. The second-order valence-electron chi connectivity index (χ2n) is 10.2. The third-order valence-electron chi connectivity index (χ3n) is 7.16. The lowest BCUT2D eigenvalue weighted by Crippen LogP contribution is -2.06. The number of hydrogen-bond acceptors (Lipinski definition) is 7. The molecule has 0 aliphatic rings. The van der Waals surface area contributed by atoms with Gasteiger partial charge in [0.05, 0.1) is 21.3 Å². The van der Waals surface area contributed by atoms with Crippen molar-refractivity contribution in [2.75, 3.05) is 21.3 Å². The molecule has 0 amide bonds. The van der Waals surface area contributed by atoms with Gasteiger partial charge in [-0.25, -0.2) is 0 Å². The van der Waals surface area contributed by atoms with Crippen LogP contribution in [-0.4, -0.2) is 27.1 Å². The van der Waals surface area contributed by atoms with Crippen LogP contribution in [0, 0.1) is 0 Å². The molecule has 0 heterocycles. The van der Waals surface area contributed by atoms with Gasteiger partial charge in [-0.3, -0.25) is 4.79 Å². The lowest BCUT2D eigenvalue weighted by molar-refractivity contribution is 0.104. The summed E-state index contributed by atoms with van der Waals surface area (Å²) in [5.41, 5.74) is 3.87. The van der Waals surface area contributed by atoms with Crippen LogP contribution in [0.3, 0.4) is 0 Å². The van der Waals surface area contributed by atoms with Gasteiger partial charge in [-0.05, 0) is 41.0 Å². The molecule has 0 atom stereocenters. The van der Waals surface area contributed by atoms with E-state index in [1.807, 2.05) is 91.0 Å². The fraction of sp³-hybridized carbons (Fsp3) is 0.154. The van der Waals surface area contributed by atoms with Crippen molar-refractivity contribution < 1.29 is 33.2 Å². The summed E-state index contributed by atoms with van der Waals surface area (Å²) in [4.78, 5) is 13.9. The summed E-state index contributed by atoms with van der Waals surface area (Å²) < 4.78 is 35.4. The quantitative estimate of drug-likeness (QED) is 0.0865. The van der Waals surface area contributed by atoms with Crippen LogP contribution in [0.2, 0.25) is 0 Å². The Hall–Kier alpha value is -5.69. The maximum atomic E-state index is 13.9. The van der Waals surface area contributed by atoms with Gasteiger partial charge in [0.15, 0.2) is 17.3 Å². The maximum absolute atomic E-state index is 13.9. The van der Waals surface area contributed by atoms with E-state index >= 15 is 0 Å². The summed E-state index contributed by atoms with van der Waals surface area (Å²) in [7, 11) is 4.64. The SMILES string of the molecule is COc1ccc(C=CC(=O)c2c(OC)cc(OCc3ccccc3)cc2OCc2ccccc2)c(OC)c1OCc1ccccc1. The van der Waals surface area contributed by atoms with Crippen molar-refractivity contribution in [1.82, 2.24) is 0 Å². The van der Waals surface area contributed by atoms with E-state index in [1.54, 1.807) is 44.6 Å². The van der Waals surface area contributed by atoms with Crippen molar-refractivity contribution in [3.8, 4) is 34.5 Å². The van der Waals surface area contributed by atoms with E-state index in [0.717, 1.165) is 16.7 Å². The molecule has 0 saturated carbocycles. The number of methoxy groups -OCH3 is 3. The van der Waals surface area contributed by atoms with Gasteiger partial charge in [-0.15, -0.1) is 0 Å². The van der Waals surface area contributed by atoms with Crippen LogP contribution in [0.1, 0.15) is 32.6 Å². The first kappa shape index (κ1) is 31.7. The van der Waals surface area contributed by atoms with Crippen LogP contribution in [0.25, 0.3) is 6.08 Å². The lowest BCUT2D eigenvalue weighted by Gasteiger charge is -2.17. The number of ketones is 1. The summed E-state index contributed by atoms with van der Waals surface area (Å²) in [5.74, 6) is 2.26. The van der Waals surface area contributed by atoms with Crippen LogP contribution in [0.4, 0.5) is 0 Å². The Morgan fingerprint density at radius 2 is 1.07 bits per heavy atom. The minimum atomic E-state index is -0.320. The number of benzene rings is 5. The molecule has 234 valence electrons. The number of ether oxygens (including phenoxy) is 6. The molecule has 0 fully saturated rings. The van der Waals surface area contributed by atoms with E-state index in [0.29, 0.717) is 53.3 Å². The molecule has 0 radical (unpaired) electrons. The van der Waals surface area contributed by atoms with E-state index < -0.39 is 0 Å². The van der Waals surface area contributed by atoms with Crippen LogP contribution in [-0.2, 0) is 19.8 Å². The third kappa shape index (κ3) is 8.07. The Bertz CT molecular complexity index is 1750. The predicted molar refractivity (Wildman–Crippen MR) is 178 cm³/mol. The topological polar surface area (TPSA) is 72.5 Å². The highest BCUT2D eigenvalue weighted by Gasteiger charge is 2.21. The Kier molecular flexibility index (Phi) is 10.9. The van der Waals surface area contributed by atoms with Crippen LogP contribution >= 0.6 is 0 Å². The van der Waals surface area contributed by atoms with Crippen molar-refractivity contribution in [3.63, 3.8) is 0 Å². The van der Waals surface area contributed by atoms with E-state index in [-0.39, 0.29) is 18.0 Å². The lowest BCUT2D eigenvalue weighted by atomic mass is 10.0. The molecule has 0 aliphatic carbocycles. The molecule has 0 unspecified atom stereocenters. The minimum Gasteiger partial charge on any atom is -0.496 e. The number of rotatable bonds is 15. The molecule has 0 aliphatic heterocycles. The van der Waals surface area contributed by atoms with Gasteiger partial charge in [-0.1, -0.05) is 91.0 Å². The highest BCUT2D eigenvalue weighted by molar-refractivity contribution is 6.11. The average Bonchev–Trinajstić information content (AvgIpc) is 3.11. The van der Waals surface area contributed by atoms with Gasteiger partial charge in [0.1, 0.15) is 42.6 Å². The zero-order valence-corrected chi connectivity index (χ0v) is 26.1. The molecular formula is C39H36O7. The first-order chi connectivity index (χ1) is 22.6. The summed E-state index contributed by atoms with van der Waals surface area (Å²) in [6.45, 7) is 0.920. The number of hydrogen-bond donors (Lipinski definition) is 0. The zero-order valence-electron chi connectivity index (χ0n) is 26.1. The summed E-state index contributed by atoms with van der Waals surface area (Å²) in [6, 6.07) is 36.4. The average molecular weight is 617 g/mol. The molecule has 5 aromatic carbocycles. The summed E-state index contributed by atoms with van der Waals surface area (Å²) >= 11 is 0. The molecule has 5 rings (SSSR count). The van der Waals surface area contributed by atoms with E-state index in [1.165, 1.54) is 13.2 Å². The highest BCUT2D eigenvalue weighted by Crippen LogP contribution is 2.41. The normalized spacial score (nSPS) is 10.8. The Morgan fingerprint density at radius 1 is 0.543 bits per heavy atom. The molecule has 0 saturated heterocycles. The Labute approximate surface area is 269 Å². The molecule has 0 N–H and O–H groups in total. The first-order valence-corrected chi connectivity index (χ1v) is 14.8. The van der Waals surface area contributed by atoms with E-state index in [2.05, 4.69) is 0 Å². The second kappa shape index (κ2) is 15.9.